The van der Waals surface area contributed by atoms with Gasteiger partial charge in [0.25, 0.3) is 0 Å². The lowest BCUT2D eigenvalue weighted by atomic mass is 9.94. The number of aryl methyl sites for hydroxylation is 2. The molecule has 0 fully saturated rings. The summed E-state index contributed by atoms with van der Waals surface area (Å²) in [6.07, 6.45) is 0. The van der Waals surface area contributed by atoms with Gasteiger partial charge in [-0.05, 0) is 42.2 Å². The van der Waals surface area contributed by atoms with Crippen LogP contribution in [0.25, 0.3) is 22.0 Å². The molecule has 0 amide bonds. The van der Waals surface area contributed by atoms with Crippen molar-refractivity contribution in [3.05, 3.63) is 47.5 Å². The molecule has 0 bridgehead atoms. The van der Waals surface area contributed by atoms with E-state index in [2.05, 4.69) is 35.1 Å². The van der Waals surface area contributed by atoms with E-state index < -0.39 is 0 Å². The molecule has 4 N–H and O–H groups in total. The van der Waals surface area contributed by atoms with E-state index in [1.165, 1.54) is 11.1 Å². The van der Waals surface area contributed by atoms with Crippen molar-refractivity contribution in [1.82, 2.24) is 9.97 Å². The van der Waals surface area contributed by atoms with Crippen LogP contribution < -0.4 is 11.5 Å². The highest BCUT2D eigenvalue weighted by Crippen LogP contribution is 2.33. The van der Waals surface area contributed by atoms with Crippen molar-refractivity contribution in [2.45, 2.75) is 13.8 Å². The Hall–Kier alpha value is -2.62. The monoisotopic (exact) mass is 264 g/mol. The average molecular weight is 264 g/mol. The van der Waals surface area contributed by atoms with Gasteiger partial charge in [0.1, 0.15) is 5.82 Å². The third-order valence-electron chi connectivity index (χ3n) is 3.60. The van der Waals surface area contributed by atoms with E-state index in [9.17, 15) is 0 Å². The van der Waals surface area contributed by atoms with Gasteiger partial charge in [0.05, 0.1) is 5.52 Å². The highest BCUT2D eigenvalue weighted by atomic mass is 15.0. The molecule has 2 aromatic carbocycles. The molecule has 1 heterocycles. The first kappa shape index (κ1) is 12.4. The van der Waals surface area contributed by atoms with Crippen LogP contribution in [0, 0.1) is 13.8 Å². The molecular formula is C16H16N4. The summed E-state index contributed by atoms with van der Waals surface area (Å²) < 4.78 is 0. The fourth-order valence-electron chi connectivity index (χ4n) is 2.61. The zero-order chi connectivity index (χ0) is 14.3. The van der Waals surface area contributed by atoms with E-state index in [4.69, 9.17) is 11.5 Å². The van der Waals surface area contributed by atoms with E-state index in [-0.39, 0.29) is 5.95 Å². The second-order valence-electron chi connectivity index (χ2n) is 4.91. The number of benzene rings is 2. The van der Waals surface area contributed by atoms with Gasteiger partial charge in [0.2, 0.25) is 5.95 Å². The Morgan fingerprint density at radius 1 is 0.850 bits per heavy atom. The molecule has 0 spiro atoms. The molecule has 0 unspecified atom stereocenters. The molecule has 0 saturated heterocycles. The number of nitrogen functional groups attached to an aromatic ring is 2. The zero-order valence-corrected chi connectivity index (χ0v) is 11.5. The summed E-state index contributed by atoms with van der Waals surface area (Å²) in [5.74, 6) is 0.637. The summed E-state index contributed by atoms with van der Waals surface area (Å²) in [5.41, 5.74) is 17.1. The number of anilines is 2. The minimum absolute atomic E-state index is 0.207. The molecule has 1 aromatic heterocycles. The fourth-order valence-corrected chi connectivity index (χ4v) is 2.61. The Morgan fingerprint density at radius 3 is 2.35 bits per heavy atom. The van der Waals surface area contributed by atoms with Crippen LogP contribution in [0.15, 0.2) is 36.4 Å². The van der Waals surface area contributed by atoms with Crippen LogP contribution in [-0.4, -0.2) is 9.97 Å². The van der Waals surface area contributed by atoms with Gasteiger partial charge in [-0.2, -0.15) is 4.98 Å². The molecular weight excluding hydrogens is 248 g/mol. The summed E-state index contributed by atoms with van der Waals surface area (Å²) >= 11 is 0. The SMILES string of the molecule is Cc1ccccc1-c1ccc2nc(N)nc(N)c2c1C. The van der Waals surface area contributed by atoms with E-state index in [0.29, 0.717) is 5.82 Å². The summed E-state index contributed by atoms with van der Waals surface area (Å²) in [6.45, 7) is 4.14. The third-order valence-corrected chi connectivity index (χ3v) is 3.60. The largest absolute Gasteiger partial charge is 0.383 e. The molecule has 4 heteroatoms. The number of aromatic nitrogens is 2. The van der Waals surface area contributed by atoms with Gasteiger partial charge < -0.3 is 11.5 Å². The quantitative estimate of drug-likeness (QED) is 0.708. The molecule has 4 nitrogen and oxygen atoms in total. The van der Waals surface area contributed by atoms with Crippen LogP contribution in [0.1, 0.15) is 11.1 Å². The van der Waals surface area contributed by atoms with Gasteiger partial charge in [0, 0.05) is 5.39 Å². The summed E-state index contributed by atoms with van der Waals surface area (Å²) in [6, 6.07) is 12.3. The molecule has 3 rings (SSSR count). The first-order valence-corrected chi connectivity index (χ1v) is 6.46. The molecule has 3 aromatic rings. The van der Waals surface area contributed by atoms with Gasteiger partial charge in [-0.3, -0.25) is 0 Å². The van der Waals surface area contributed by atoms with E-state index in [1.54, 1.807) is 0 Å². The molecule has 0 radical (unpaired) electrons. The molecule has 0 aliphatic carbocycles. The van der Waals surface area contributed by atoms with Crippen molar-refractivity contribution in [3.63, 3.8) is 0 Å². The molecule has 0 aliphatic rings. The van der Waals surface area contributed by atoms with E-state index in [0.717, 1.165) is 22.0 Å². The van der Waals surface area contributed by atoms with Crippen molar-refractivity contribution >= 4 is 22.7 Å². The van der Waals surface area contributed by atoms with Crippen LogP contribution >= 0.6 is 0 Å². The van der Waals surface area contributed by atoms with Crippen LogP contribution in [0.3, 0.4) is 0 Å². The minimum Gasteiger partial charge on any atom is -0.383 e. The molecule has 100 valence electrons. The number of hydrogen-bond acceptors (Lipinski definition) is 4. The Balaban J connectivity index is 2.35. The second-order valence-corrected chi connectivity index (χ2v) is 4.91. The summed E-state index contributed by atoms with van der Waals surface area (Å²) in [7, 11) is 0. The lowest BCUT2D eigenvalue weighted by molar-refractivity contribution is 1.24. The standard InChI is InChI=1S/C16H16N4/c1-9-5-3-4-6-11(9)12-7-8-13-14(10(12)2)15(17)20-16(18)19-13/h3-8H,1-2H3,(H4,17,18,19,20). The molecule has 0 saturated carbocycles. The normalized spacial score (nSPS) is 10.9. The van der Waals surface area contributed by atoms with Gasteiger partial charge in [0.15, 0.2) is 0 Å². The average Bonchev–Trinajstić information content (AvgIpc) is 2.39. The lowest BCUT2D eigenvalue weighted by Gasteiger charge is -2.13. The van der Waals surface area contributed by atoms with Crippen molar-refractivity contribution < 1.29 is 0 Å². The maximum absolute atomic E-state index is 6.01. The second kappa shape index (κ2) is 4.49. The van der Waals surface area contributed by atoms with Gasteiger partial charge in [-0.25, -0.2) is 4.98 Å². The maximum Gasteiger partial charge on any atom is 0.222 e. The number of fused-ring (bicyclic) bond motifs is 1. The zero-order valence-electron chi connectivity index (χ0n) is 11.5. The van der Waals surface area contributed by atoms with Gasteiger partial charge in [-0.15, -0.1) is 0 Å². The topological polar surface area (TPSA) is 77.8 Å². The predicted octanol–water partition coefficient (Wildman–Crippen LogP) is 3.08. The highest BCUT2D eigenvalue weighted by Gasteiger charge is 2.12. The molecule has 0 atom stereocenters. The van der Waals surface area contributed by atoms with Crippen LogP contribution in [0.5, 0.6) is 0 Å². The van der Waals surface area contributed by atoms with Gasteiger partial charge in [-0.1, -0.05) is 30.3 Å². The smallest absolute Gasteiger partial charge is 0.222 e. The van der Waals surface area contributed by atoms with Crippen molar-refractivity contribution in [3.8, 4) is 11.1 Å². The maximum atomic E-state index is 6.01. The fraction of sp³-hybridized carbons (Fsp3) is 0.125. The van der Waals surface area contributed by atoms with Gasteiger partial charge >= 0.3 is 0 Å². The van der Waals surface area contributed by atoms with Crippen LogP contribution in [-0.2, 0) is 0 Å². The Morgan fingerprint density at radius 2 is 1.60 bits per heavy atom. The Labute approximate surface area is 117 Å². The summed E-state index contributed by atoms with van der Waals surface area (Å²) in [5, 5.41) is 0.875. The first-order chi connectivity index (χ1) is 9.58. The van der Waals surface area contributed by atoms with Crippen LogP contribution in [0.4, 0.5) is 11.8 Å². The van der Waals surface area contributed by atoms with Crippen molar-refractivity contribution in [2.24, 2.45) is 0 Å². The minimum atomic E-state index is 0.207. The molecule has 20 heavy (non-hydrogen) atoms. The number of hydrogen-bond donors (Lipinski definition) is 2. The predicted molar refractivity (Wildman–Crippen MR) is 83.3 cm³/mol. The first-order valence-electron chi connectivity index (χ1n) is 6.46. The van der Waals surface area contributed by atoms with Crippen LogP contribution in [0.2, 0.25) is 0 Å². The number of nitrogens with two attached hydrogens (primary N) is 2. The van der Waals surface area contributed by atoms with Crippen molar-refractivity contribution in [2.75, 3.05) is 11.5 Å². The molecule has 0 aliphatic heterocycles. The Bertz CT molecular complexity index is 809. The van der Waals surface area contributed by atoms with Crippen molar-refractivity contribution in [1.29, 1.82) is 0 Å². The highest BCUT2D eigenvalue weighted by molar-refractivity contribution is 5.96. The Kier molecular flexibility index (Phi) is 2.79. The number of rotatable bonds is 1. The van der Waals surface area contributed by atoms with E-state index in [1.807, 2.05) is 25.1 Å². The number of nitrogens with zero attached hydrogens (tertiary/aromatic N) is 2. The summed E-state index contributed by atoms with van der Waals surface area (Å²) in [4.78, 5) is 8.31. The van der Waals surface area contributed by atoms with E-state index >= 15 is 0 Å². The third kappa shape index (κ3) is 1.86. The lowest BCUT2D eigenvalue weighted by Crippen LogP contribution is -2.02.